The molecule has 0 radical (unpaired) electrons. The highest BCUT2D eigenvalue weighted by atomic mass is 31.2. The van der Waals surface area contributed by atoms with Crippen molar-refractivity contribution in [1.29, 1.82) is 0 Å². The maximum atomic E-state index is 12.7. The van der Waals surface area contributed by atoms with Gasteiger partial charge in [-0.1, -0.05) is 210 Å². The number of carbonyl (C=O) groups is 1. The van der Waals surface area contributed by atoms with Crippen molar-refractivity contribution in [2.45, 2.75) is 257 Å². The maximum Gasteiger partial charge on any atom is 0.472 e. The minimum Gasteiger partial charge on any atom is -0.457 e. The molecule has 376 valence electrons. The van der Waals surface area contributed by atoms with E-state index in [2.05, 4.69) is 62.5 Å². The van der Waals surface area contributed by atoms with Crippen LogP contribution in [0.3, 0.4) is 0 Å². The van der Waals surface area contributed by atoms with Gasteiger partial charge in [-0.2, -0.15) is 0 Å². The number of unbranched alkanes of at least 4 members (excludes halogenated alkanes) is 29. The number of hydrogen-bond acceptors (Lipinski definition) is 8. The number of rotatable bonds is 51. The molecule has 3 unspecified atom stereocenters. The number of phosphoric ester groups is 1. The van der Waals surface area contributed by atoms with Crippen molar-refractivity contribution in [3.63, 3.8) is 0 Å². The third kappa shape index (κ3) is 49.8. The van der Waals surface area contributed by atoms with Crippen LogP contribution < -0.4 is 0 Å². The average Bonchev–Trinajstić information content (AvgIpc) is 3.29. The molecule has 3 atom stereocenters. The van der Waals surface area contributed by atoms with Crippen molar-refractivity contribution >= 4 is 13.8 Å². The topological polar surface area (TPSA) is 132 Å². The normalized spacial score (nSPS) is 14.1. The zero-order valence-electron chi connectivity index (χ0n) is 41.5. The Kier molecular flexibility index (Phi) is 49.6. The van der Waals surface area contributed by atoms with Crippen LogP contribution in [-0.4, -0.2) is 66.3 Å². The highest BCUT2D eigenvalue weighted by Gasteiger charge is 2.26. The van der Waals surface area contributed by atoms with Crippen LogP contribution in [0.5, 0.6) is 0 Å². The molecule has 0 fully saturated rings. The highest BCUT2D eigenvalue weighted by molar-refractivity contribution is 7.47. The van der Waals surface area contributed by atoms with Crippen molar-refractivity contribution in [3.05, 3.63) is 48.6 Å². The van der Waals surface area contributed by atoms with Gasteiger partial charge < -0.3 is 24.6 Å². The van der Waals surface area contributed by atoms with E-state index >= 15 is 0 Å². The third-order valence-corrected chi connectivity index (χ3v) is 12.4. The van der Waals surface area contributed by atoms with Crippen LogP contribution in [0.4, 0.5) is 0 Å². The molecule has 0 heterocycles. The molecule has 3 N–H and O–H groups in total. The molecule has 0 bridgehead atoms. The number of allylic oxidation sites excluding steroid dienone is 8. The molecule has 0 aromatic rings. The second kappa shape index (κ2) is 50.8. The van der Waals surface area contributed by atoms with Crippen LogP contribution in [0.2, 0.25) is 0 Å². The molecule has 0 aliphatic carbocycles. The maximum absolute atomic E-state index is 12.7. The molecule has 10 heteroatoms. The summed E-state index contributed by atoms with van der Waals surface area (Å²) in [5, 5.41) is 18.4. The lowest BCUT2D eigenvalue weighted by Crippen LogP contribution is -2.29. The molecular formula is C54H101O9P. The fraction of sp³-hybridized carbons (Fsp3) is 0.833. The minimum absolute atomic E-state index is 0.0457. The number of aliphatic hydroxyl groups excluding tert-OH is 2. The van der Waals surface area contributed by atoms with Crippen LogP contribution in [0.1, 0.15) is 245 Å². The molecule has 0 saturated carbocycles. The largest absolute Gasteiger partial charge is 0.472 e. The van der Waals surface area contributed by atoms with Crippen molar-refractivity contribution in [3.8, 4) is 0 Å². The fourth-order valence-electron chi connectivity index (χ4n) is 7.42. The monoisotopic (exact) mass is 925 g/mol. The molecule has 0 spiro atoms. The zero-order valence-corrected chi connectivity index (χ0v) is 42.4. The van der Waals surface area contributed by atoms with Crippen LogP contribution in [-0.2, 0) is 27.9 Å². The highest BCUT2D eigenvalue weighted by Crippen LogP contribution is 2.43. The number of phosphoric acid groups is 1. The molecule has 0 amide bonds. The first-order valence-electron chi connectivity index (χ1n) is 26.6. The zero-order chi connectivity index (χ0) is 46.7. The Hall–Kier alpha value is -1.58. The van der Waals surface area contributed by atoms with Gasteiger partial charge in [0.05, 0.1) is 26.4 Å². The fourth-order valence-corrected chi connectivity index (χ4v) is 8.21. The first-order valence-corrected chi connectivity index (χ1v) is 28.1. The van der Waals surface area contributed by atoms with Gasteiger partial charge in [0, 0.05) is 13.0 Å². The summed E-state index contributed by atoms with van der Waals surface area (Å²) < 4.78 is 33.6. The molecule has 0 saturated heterocycles. The number of aliphatic hydroxyl groups is 2. The Morgan fingerprint density at radius 1 is 0.484 bits per heavy atom. The van der Waals surface area contributed by atoms with Crippen LogP contribution >= 0.6 is 7.82 Å². The summed E-state index contributed by atoms with van der Waals surface area (Å²) in [7, 11) is -4.53. The lowest BCUT2D eigenvalue weighted by molar-refractivity contribution is -0.154. The van der Waals surface area contributed by atoms with Crippen molar-refractivity contribution in [2.75, 3.05) is 33.0 Å². The van der Waals surface area contributed by atoms with Gasteiger partial charge in [-0.15, -0.1) is 0 Å². The summed E-state index contributed by atoms with van der Waals surface area (Å²) in [6, 6.07) is 0. The smallest absolute Gasteiger partial charge is 0.457 e. The summed E-state index contributed by atoms with van der Waals surface area (Å²) >= 11 is 0. The molecular weight excluding hydrogens is 824 g/mol. The molecule has 0 aliphatic rings. The summed E-state index contributed by atoms with van der Waals surface area (Å²) in [5.74, 6) is -0.386. The van der Waals surface area contributed by atoms with Gasteiger partial charge in [0.2, 0.25) is 0 Å². The minimum atomic E-state index is -4.53. The van der Waals surface area contributed by atoms with Gasteiger partial charge in [-0.3, -0.25) is 13.8 Å². The Balaban J connectivity index is 4.07. The van der Waals surface area contributed by atoms with E-state index in [1.165, 1.54) is 167 Å². The van der Waals surface area contributed by atoms with E-state index in [0.717, 1.165) is 57.8 Å². The molecule has 9 nitrogen and oxygen atoms in total. The lowest BCUT2D eigenvalue weighted by Gasteiger charge is -2.20. The Morgan fingerprint density at radius 3 is 1.25 bits per heavy atom. The summed E-state index contributed by atoms with van der Waals surface area (Å²) in [4.78, 5) is 22.7. The number of carbonyl (C=O) groups excluding carboxylic acids is 1. The van der Waals surface area contributed by atoms with Gasteiger partial charge in [-0.05, 0) is 77.0 Å². The quantitative estimate of drug-likeness (QED) is 0.0236. The molecule has 0 aliphatic heterocycles. The second-order valence-corrected chi connectivity index (χ2v) is 19.3. The van der Waals surface area contributed by atoms with Gasteiger partial charge in [0.15, 0.2) is 0 Å². The standard InChI is InChI=1S/C54H101O9P/c1-3-5-7-9-11-13-15-17-19-21-23-25-27-29-31-33-35-37-39-41-43-45-47-60-50-53(51-62-64(58,59)61-49-52(56)48-55)63-54(57)46-44-42-40-38-36-34-32-30-28-26-24-22-20-18-16-14-12-10-8-6-4-2/h15-18,21-24,52-53,55-56H,3-14,19-20,25-51H2,1-2H3,(H,58,59)/b17-15-,18-16-,23-21-,24-22-. The number of hydrogen-bond donors (Lipinski definition) is 3. The van der Waals surface area contributed by atoms with Crippen LogP contribution in [0.15, 0.2) is 48.6 Å². The average molecular weight is 925 g/mol. The Morgan fingerprint density at radius 2 is 0.844 bits per heavy atom. The van der Waals surface area contributed by atoms with Crippen LogP contribution in [0.25, 0.3) is 0 Å². The van der Waals surface area contributed by atoms with E-state index in [1.807, 2.05) is 0 Å². The first kappa shape index (κ1) is 62.4. The van der Waals surface area contributed by atoms with E-state index in [9.17, 15) is 19.4 Å². The molecule has 0 rings (SSSR count). The Bertz CT molecular complexity index is 1140. The summed E-state index contributed by atoms with van der Waals surface area (Å²) in [5.41, 5.74) is 0. The van der Waals surface area contributed by atoms with E-state index in [0.29, 0.717) is 6.61 Å². The van der Waals surface area contributed by atoms with Crippen molar-refractivity contribution < 1.29 is 43.0 Å². The third-order valence-electron chi connectivity index (χ3n) is 11.5. The van der Waals surface area contributed by atoms with Gasteiger partial charge in [0.1, 0.15) is 12.2 Å². The Labute approximate surface area is 394 Å². The second-order valence-electron chi connectivity index (χ2n) is 17.9. The predicted octanol–water partition coefficient (Wildman–Crippen LogP) is 15.7. The molecule has 0 aromatic carbocycles. The van der Waals surface area contributed by atoms with Crippen molar-refractivity contribution in [1.82, 2.24) is 0 Å². The van der Waals surface area contributed by atoms with E-state index in [1.54, 1.807) is 0 Å². The van der Waals surface area contributed by atoms with Crippen LogP contribution in [0, 0.1) is 0 Å². The van der Waals surface area contributed by atoms with E-state index < -0.39 is 33.2 Å². The van der Waals surface area contributed by atoms with E-state index in [-0.39, 0.29) is 25.6 Å². The van der Waals surface area contributed by atoms with Gasteiger partial charge in [0.25, 0.3) is 0 Å². The number of ether oxygens (including phenoxy) is 2. The van der Waals surface area contributed by atoms with Gasteiger partial charge in [-0.25, -0.2) is 4.57 Å². The summed E-state index contributed by atoms with van der Waals surface area (Å²) in [6.07, 6.45) is 59.3. The van der Waals surface area contributed by atoms with Gasteiger partial charge >= 0.3 is 13.8 Å². The van der Waals surface area contributed by atoms with E-state index in [4.69, 9.17) is 23.6 Å². The molecule has 0 aromatic heterocycles. The first-order chi connectivity index (χ1) is 31.3. The number of esters is 1. The summed E-state index contributed by atoms with van der Waals surface area (Å²) in [6.45, 7) is 3.52. The SMILES string of the molecule is CCCCCCC/C=C\C/C=C\CCCCCCCCCCCCOCC(COP(=O)(O)OCC(O)CO)OC(=O)CCCCCCCCCCC/C=C\C/C=C\CCCCCCC. The van der Waals surface area contributed by atoms with Crippen molar-refractivity contribution in [2.24, 2.45) is 0 Å². The molecule has 64 heavy (non-hydrogen) atoms. The lowest BCUT2D eigenvalue weighted by atomic mass is 10.1. The predicted molar refractivity (Wildman–Crippen MR) is 270 cm³/mol.